The summed E-state index contributed by atoms with van der Waals surface area (Å²) in [4.78, 5) is 10.7. The lowest BCUT2D eigenvalue weighted by Gasteiger charge is -2.18. The van der Waals surface area contributed by atoms with Gasteiger partial charge in [0.15, 0.2) is 0 Å². The molecule has 6 nitrogen and oxygen atoms in total. The minimum Gasteiger partial charge on any atom is -0.478 e. The normalized spacial score (nSPS) is 13.4. The van der Waals surface area contributed by atoms with Gasteiger partial charge in [0, 0.05) is 6.04 Å². The fourth-order valence-corrected chi connectivity index (χ4v) is 3.44. The highest BCUT2D eigenvalue weighted by Gasteiger charge is 2.22. The topological polar surface area (TPSA) is 104 Å². The minimum absolute atomic E-state index is 0.139. The van der Waals surface area contributed by atoms with Crippen LogP contribution in [0.5, 0.6) is 0 Å². The Morgan fingerprint density at radius 1 is 1.38 bits per heavy atom. The summed E-state index contributed by atoms with van der Waals surface area (Å²) in [5, 5.41) is 17.9. The third-order valence-electron chi connectivity index (χ3n) is 2.78. The van der Waals surface area contributed by atoms with Crippen molar-refractivity contribution in [3.63, 3.8) is 0 Å². The molecular formula is C13H18ClNO5S. The van der Waals surface area contributed by atoms with Crippen LogP contribution < -0.4 is 4.72 Å². The number of aliphatic hydroxyl groups is 1. The van der Waals surface area contributed by atoms with E-state index < -0.39 is 22.0 Å². The third-order valence-corrected chi connectivity index (χ3v) is 4.61. The first-order chi connectivity index (χ1) is 9.67. The molecular weight excluding hydrogens is 318 g/mol. The molecule has 0 amide bonds. The molecule has 0 spiro atoms. The maximum absolute atomic E-state index is 12.2. The summed E-state index contributed by atoms with van der Waals surface area (Å²) >= 11 is 5.76. The summed E-state index contributed by atoms with van der Waals surface area (Å²) in [5.74, 6) is -1.02. The van der Waals surface area contributed by atoms with E-state index in [0.29, 0.717) is 6.42 Å². The van der Waals surface area contributed by atoms with Gasteiger partial charge < -0.3 is 10.2 Å². The van der Waals surface area contributed by atoms with Crippen LogP contribution in [0, 0.1) is 5.92 Å². The lowest BCUT2D eigenvalue weighted by atomic mass is 10.1. The monoisotopic (exact) mass is 335 g/mol. The molecule has 0 saturated heterocycles. The Kier molecular flexibility index (Phi) is 6.15. The van der Waals surface area contributed by atoms with Crippen LogP contribution in [-0.2, 0) is 10.0 Å². The molecule has 0 fully saturated rings. The van der Waals surface area contributed by atoms with E-state index in [1.165, 1.54) is 6.07 Å². The van der Waals surface area contributed by atoms with E-state index in [1.807, 2.05) is 13.8 Å². The zero-order valence-corrected chi connectivity index (χ0v) is 13.3. The Labute approximate surface area is 128 Å². The fraction of sp³-hybridized carbons (Fsp3) is 0.462. The molecule has 0 aliphatic heterocycles. The Bertz CT molecular complexity index is 615. The number of carboxylic acids is 1. The van der Waals surface area contributed by atoms with Gasteiger partial charge in [0.05, 0.1) is 22.1 Å². The van der Waals surface area contributed by atoms with Crippen molar-refractivity contribution in [1.82, 2.24) is 4.72 Å². The number of hydrogen-bond donors (Lipinski definition) is 3. The Morgan fingerprint density at radius 3 is 2.43 bits per heavy atom. The van der Waals surface area contributed by atoms with E-state index in [0.717, 1.165) is 12.1 Å². The van der Waals surface area contributed by atoms with Crippen LogP contribution in [0.1, 0.15) is 30.6 Å². The first kappa shape index (κ1) is 17.9. The number of rotatable bonds is 7. The van der Waals surface area contributed by atoms with Crippen LogP contribution >= 0.6 is 11.6 Å². The molecule has 0 radical (unpaired) electrons. The number of aliphatic hydroxyl groups excluding tert-OH is 1. The van der Waals surface area contributed by atoms with Crippen molar-refractivity contribution in [3.8, 4) is 0 Å². The van der Waals surface area contributed by atoms with E-state index in [4.69, 9.17) is 16.7 Å². The first-order valence-electron chi connectivity index (χ1n) is 6.33. The standard InChI is InChI=1S/C13H18ClNO5S/c1-8(2)5-9(7-16)15-21(19,20)10-3-4-11(13(17)18)12(14)6-10/h3-4,6,8-9,15-16H,5,7H2,1-2H3,(H,17,18). The van der Waals surface area contributed by atoms with Crippen molar-refractivity contribution in [3.05, 3.63) is 28.8 Å². The Hall–Kier alpha value is -1.15. The zero-order valence-electron chi connectivity index (χ0n) is 11.7. The summed E-state index contributed by atoms with van der Waals surface area (Å²) in [5.41, 5.74) is -0.170. The lowest BCUT2D eigenvalue weighted by molar-refractivity contribution is 0.0697. The summed E-state index contributed by atoms with van der Waals surface area (Å²) in [6.07, 6.45) is 0.483. The molecule has 0 aromatic heterocycles. The van der Waals surface area contributed by atoms with Gasteiger partial charge in [0.1, 0.15) is 0 Å². The van der Waals surface area contributed by atoms with Gasteiger partial charge in [-0.2, -0.15) is 0 Å². The molecule has 1 unspecified atom stereocenters. The van der Waals surface area contributed by atoms with Crippen LogP contribution in [0.2, 0.25) is 5.02 Å². The van der Waals surface area contributed by atoms with Crippen molar-refractivity contribution in [2.45, 2.75) is 31.2 Å². The highest BCUT2D eigenvalue weighted by molar-refractivity contribution is 7.89. The molecule has 1 aromatic rings. The molecule has 0 aliphatic rings. The number of nitrogens with one attached hydrogen (secondary N) is 1. The first-order valence-corrected chi connectivity index (χ1v) is 8.19. The summed E-state index contributed by atoms with van der Waals surface area (Å²) < 4.78 is 26.8. The molecule has 1 aromatic carbocycles. The van der Waals surface area contributed by atoms with Crippen molar-refractivity contribution < 1.29 is 23.4 Å². The smallest absolute Gasteiger partial charge is 0.337 e. The molecule has 1 atom stereocenters. The van der Waals surface area contributed by atoms with Gasteiger partial charge in [-0.3, -0.25) is 0 Å². The van der Waals surface area contributed by atoms with Gasteiger partial charge in [-0.15, -0.1) is 0 Å². The second kappa shape index (κ2) is 7.22. The molecule has 0 bridgehead atoms. The molecule has 1 rings (SSSR count). The second-order valence-electron chi connectivity index (χ2n) is 5.08. The fourth-order valence-electron chi connectivity index (χ4n) is 1.85. The number of halogens is 1. The van der Waals surface area contributed by atoms with Gasteiger partial charge in [-0.25, -0.2) is 17.9 Å². The summed E-state index contributed by atoms with van der Waals surface area (Å²) in [7, 11) is -3.87. The van der Waals surface area contributed by atoms with Crippen LogP contribution in [0.4, 0.5) is 0 Å². The van der Waals surface area contributed by atoms with Crippen LogP contribution in [0.25, 0.3) is 0 Å². The number of carbonyl (C=O) groups is 1. The van der Waals surface area contributed by atoms with Crippen molar-refractivity contribution in [1.29, 1.82) is 0 Å². The highest BCUT2D eigenvalue weighted by atomic mass is 35.5. The highest BCUT2D eigenvalue weighted by Crippen LogP contribution is 2.21. The van der Waals surface area contributed by atoms with Gasteiger partial charge in [0.25, 0.3) is 0 Å². The van der Waals surface area contributed by atoms with Crippen molar-refractivity contribution >= 4 is 27.6 Å². The van der Waals surface area contributed by atoms with Crippen LogP contribution in [0.3, 0.4) is 0 Å². The number of hydrogen-bond acceptors (Lipinski definition) is 4. The largest absolute Gasteiger partial charge is 0.478 e. The van der Waals surface area contributed by atoms with Crippen molar-refractivity contribution in [2.24, 2.45) is 5.92 Å². The maximum Gasteiger partial charge on any atom is 0.337 e. The number of benzene rings is 1. The molecule has 0 aliphatic carbocycles. The molecule has 21 heavy (non-hydrogen) atoms. The lowest BCUT2D eigenvalue weighted by Crippen LogP contribution is -2.38. The molecule has 8 heteroatoms. The summed E-state index contributed by atoms with van der Waals surface area (Å²) in [6.45, 7) is 3.50. The van der Waals surface area contributed by atoms with Gasteiger partial charge in [-0.1, -0.05) is 25.4 Å². The number of carboxylic acid groups (broad SMARTS) is 1. The zero-order chi connectivity index (χ0) is 16.2. The Balaban J connectivity index is 3.02. The predicted molar refractivity (Wildman–Crippen MR) is 79.1 cm³/mol. The molecule has 118 valence electrons. The predicted octanol–water partition coefficient (Wildman–Crippen LogP) is 1.72. The number of aromatic carboxylic acids is 1. The molecule has 3 N–H and O–H groups in total. The maximum atomic E-state index is 12.2. The average Bonchev–Trinajstić information content (AvgIpc) is 2.36. The number of sulfonamides is 1. The van der Waals surface area contributed by atoms with E-state index in [9.17, 15) is 18.3 Å². The van der Waals surface area contributed by atoms with E-state index in [-0.39, 0.29) is 28.0 Å². The second-order valence-corrected chi connectivity index (χ2v) is 7.20. The van der Waals surface area contributed by atoms with E-state index in [2.05, 4.69) is 4.72 Å². The van der Waals surface area contributed by atoms with Gasteiger partial charge >= 0.3 is 5.97 Å². The van der Waals surface area contributed by atoms with Crippen LogP contribution in [0.15, 0.2) is 23.1 Å². The quantitative estimate of drug-likeness (QED) is 0.704. The average molecular weight is 336 g/mol. The third kappa shape index (κ3) is 4.96. The van der Waals surface area contributed by atoms with Gasteiger partial charge in [-0.05, 0) is 30.5 Å². The summed E-state index contributed by atoms with van der Waals surface area (Å²) in [6, 6.07) is 2.78. The SMILES string of the molecule is CC(C)CC(CO)NS(=O)(=O)c1ccc(C(=O)O)c(Cl)c1. The minimum atomic E-state index is -3.87. The Morgan fingerprint density at radius 2 is 2.00 bits per heavy atom. The van der Waals surface area contributed by atoms with Crippen LogP contribution in [-0.4, -0.2) is 37.2 Å². The van der Waals surface area contributed by atoms with Crippen molar-refractivity contribution in [2.75, 3.05) is 6.61 Å². The molecule has 0 heterocycles. The molecule has 0 saturated carbocycles. The van der Waals surface area contributed by atoms with E-state index >= 15 is 0 Å². The van der Waals surface area contributed by atoms with E-state index in [1.54, 1.807) is 0 Å². The van der Waals surface area contributed by atoms with Gasteiger partial charge in [0.2, 0.25) is 10.0 Å².